The number of fused-ring (bicyclic) bond motifs is 1. The van der Waals surface area contributed by atoms with Crippen LogP contribution in [0, 0.1) is 11.8 Å². The summed E-state index contributed by atoms with van der Waals surface area (Å²) in [6.45, 7) is 4.34. The molecule has 3 aliphatic rings. The number of hydrazine groups is 1. The highest BCUT2D eigenvalue weighted by Crippen LogP contribution is 2.33. The van der Waals surface area contributed by atoms with Crippen molar-refractivity contribution in [3.63, 3.8) is 0 Å². The Hall–Kier alpha value is -1.17. The Kier molecular flexibility index (Phi) is 3.34. The Labute approximate surface area is 119 Å². The number of nitrogens with one attached hydrogen (secondary N) is 2. The summed E-state index contributed by atoms with van der Waals surface area (Å²) < 4.78 is 5.79. The fourth-order valence-corrected chi connectivity index (χ4v) is 3.38. The smallest absolute Gasteiger partial charge is 0.213 e. The van der Waals surface area contributed by atoms with E-state index >= 15 is 0 Å². The van der Waals surface area contributed by atoms with Crippen LogP contribution in [-0.2, 0) is 0 Å². The van der Waals surface area contributed by atoms with Gasteiger partial charge < -0.3 is 9.64 Å². The molecular weight excluding hydrogens is 252 g/mol. The monoisotopic (exact) mass is 274 g/mol. The largest absolute Gasteiger partial charge is 0.476 e. The van der Waals surface area contributed by atoms with Crippen LogP contribution in [-0.4, -0.2) is 48.2 Å². The van der Waals surface area contributed by atoms with Gasteiger partial charge in [0.05, 0.1) is 6.04 Å². The Bertz CT molecular complexity index is 450. The molecule has 0 aromatic carbocycles. The molecule has 0 spiro atoms. The fourth-order valence-electron chi connectivity index (χ4n) is 3.38. The molecule has 3 atom stereocenters. The van der Waals surface area contributed by atoms with Gasteiger partial charge in [0.1, 0.15) is 6.61 Å². The van der Waals surface area contributed by atoms with Crippen LogP contribution in [0.5, 0.6) is 5.88 Å². The second kappa shape index (κ2) is 5.31. The van der Waals surface area contributed by atoms with E-state index in [9.17, 15) is 0 Å². The van der Waals surface area contributed by atoms with Crippen molar-refractivity contribution in [1.29, 1.82) is 0 Å². The maximum absolute atomic E-state index is 5.79. The van der Waals surface area contributed by atoms with Gasteiger partial charge in [-0.25, -0.2) is 4.98 Å². The molecule has 3 fully saturated rings. The minimum absolute atomic E-state index is 0.381. The lowest BCUT2D eigenvalue weighted by molar-refractivity contribution is 0.221. The summed E-state index contributed by atoms with van der Waals surface area (Å²) >= 11 is 0. The lowest BCUT2D eigenvalue weighted by Gasteiger charge is -2.20. The Morgan fingerprint density at radius 3 is 3.00 bits per heavy atom. The molecule has 2 saturated heterocycles. The van der Waals surface area contributed by atoms with Crippen LogP contribution < -0.4 is 15.6 Å². The zero-order valence-electron chi connectivity index (χ0n) is 11.7. The second-order valence-corrected chi connectivity index (χ2v) is 6.31. The molecule has 3 unspecified atom stereocenters. The standard InChI is InChI=1S/C15H22N4O/c1-2-6-16-15(3-1)20-10-14-12-8-19(7-11-4-5-11)9-13(12)17-18-14/h1-3,6,11-14,17-18H,4-5,7-10H2. The van der Waals surface area contributed by atoms with Crippen LogP contribution in [0.4, 0.5) is 0 Å². The average Bonchev–Trinajstić information content (AvgIpc) is 3.07. The third kappa shape index (κ3) is 2.66. The number of rotatable bonds is 5. The average molecular weight is 274 g/mol. The maximum Gasteiger partial charge on any atom is 0.213 e. The number of hydrogen-bond acceptors (Lipinski definition) is 5. The van der Waals surface area contributed by atoms with Crippen molar-refractivity contribution in [3.8, 4) is 5.88 Å². The first-order chi connectivity index (χ1) is 9.88. The topological polar surface area (TPSA) is 49.4 Å². The van der Waals surface area contributed by atoms with Gasteiger partial charge in [0.25, 0.3) is 0 Å². The predicted octanol–water partition coefficient (Wildman–Crippen LogP) is 0.647. The van der Waals surface area contributed by atoms with Crippen LogP contribution in [0.25, 0.3) is 0 Å². The summed E-state index contributed by atoms with van der Waals surface area (Å²) in [7, 11) is 0. The van der Waals surface area contributed by atoms with Gasteiger partial charge in [-0.1, -0.05) is 6.07 Å². The minimum Gasteiger partial charge on any atom is -0.476 e. The van der Waals surface area contributed by atoms with E-state index in [1.807, 2.05) is 18.2 Å². The van der Waals surface area contributed by atoms with Crippen molar-refractivity contribution < 1.29 is 4.74 Å². The normalized spacial score (nSPS) is 33.3. The van der Waals surface area contributed by atoms with Gasteiger partial charge in [-0.15, -0.1) is 0 Å². The Balaban J connectivity index is 1.31. The highest BCUT2D eigenvalue weighted by atomic mass is 16.5. The minimum atomic E-state index is 0.381. The third-order valence-corrected chi connectivity index (χ3v) is 4.67. The van der Waals surface area contributed by atoms with Crippen LogP contribution in [0.3, 0.4) is 0 Å². The van der Waals surface area contributed by atoms with Crippen LogP contribution in [0.15, 0.2) is 24.4 Å². The molecule has 0 amide bonds. The van der Waals surface area contributed by atoms with Gasteiger partial charge in [0.15, 0.2) is 0 Å². The van der Waals surface area contributed by atoms with Crippen molar-refractivity contribution in [2.45, 2.75) is 24.9 Å². The Morgan fingerprint density at radius 1 is 1.25 bits per heavy atom. The second-order valence-electron chi connectivity index (χ2n) is 6.31. The highest BCUT2D eigenvalue weighted by molar-refractivity contribution is 5.10. The van der Waals surface area contributed by atoms with E-state index in [2.05, 4.69) is 20.7 Å². The summed E-state index contributed by atoms with van der Waals surface area (Å²) in [6, 6.07) is 6.73. The van der Waals surface area contributed by atoms with E-state index in [0.29, 0.717) is 30.5 Å². The summed E-state index contributed by atoms with van der Waals surface area (Å²) in [5, 5.41) is 0. The molecular formula is C15H22N4O. The molecule has 5 nitrogen and oxygen atoms in total. The van der Waals surface area contributed by atoms with E-state index in [4.69, 9.17) is 4.74 Å². The SMILES string of the molecule is c1ccc(OCC2NNC3CN(CC4CC4)CC23)nc1. The van der Waals surface area contributed by atoms with Gasteiger partial charge in [-0.05, 0) is 24.8 Å². The molecule has 1 aliphatic carbocycles. The summed E-state index contributed by atoms with van der Waals surface area (Å²) in [5.41, 5.74) is 6.83. The van der Waals surface area contributed by atoms with Crippen LogP contribution in [0.2, 0.25) is 0 Å². The van der Waals surface area contributed by atoms with Crippen LogP contribution >= 0.6 is 0 Å². The van der Waals surface area contributed by atoms with Gasteiger partial charge in [-0.3, -0.25) is 10.9 Å². The van der Waals surface area contributed by atoms with E-state index < -0.39 is 0 Å². The predicted molar refractivity (Wildman–Crippen MR) is 76.2 cm³/mol. The highest BCUT2D eigenvalue weighted by Gasteiger charge is 2.43. The maximum atomic E-state index is 5.79. The molecule has 1 aromatic rings. The number of pyridine rings is 1. The van der Waals surface area contributed by atoms with Crippen molar-refractivity contribution in [3.05, 3.63) is 24.4 Å². The number of likely N-dealkylation sites (tertiary alicyclic amines) is 1. The number of hydrogen-bond donors (Lipinski definition) is 2. The number of ether oxygens (including phenoxy) is 1. The van der Waals surface area contributed by atoms with E-state index in [0.717, 1.165) is 5.92 Å². The zero-order valence-corrected chi connectivity index (χ0v) is 11.7. The molecule has 3 heterocycles. The van der Waals surface area contributed by atoms with Crippen molar-refractivity contribution in [2.24, 2.45) is 11.8 Å². The molecule has 0 bridgehead atoms. The first-order valence-corrected chi connectivity index (χ1v) is 7.66. The first kappa shape index (κ1) is 12.6. The zero-order chi connectivity index (χ0) is 13.4. The summed E-state index contributed by atoms with van der Waals surface area (Å²) in [5.74, 6) is 2.34. The lowest BCUT2D eigenvalue weighted by Crippen LogP contribution is -2.41. The van der Waals surface area contributed by atoms with E-state index in [1.165, 1.54) is 32.5 Å². The molecule has 5 heteroatoms. The molecule has 2 N–H and O–H groups in total. The number of nitrogens with zero attached hydrogens (tertiary/aromatic N) is 2. The van der Waals surface area contributed by atoms with Crippen molar-refractivity contribution in [2.75, 3.05) is 26.2 Å². The number of aromatic nitrogens is 1. The molecule has 20 heavy (non-hydrogen) atoms. The van der Waals surface area contributed by atoms with E-state index in [-0.39, 0.29) is 0 Å². The Morgan fingerprint density at radius 2 is 2.20 bits per heavy atom. The van der Waals surface area contributed by atoms with Crippen LogP contribution in [0.1, 0.15) is 12.8 Å². The molecule has 108 valence electrons. The quantitative estimate of drug-likeness (QED) is 0.825. The molecule has 1 saturated carbocycles. The van der Waals surface area contributed by atoms with Gasteiger partial charge >= 0.3 is 0 Å². The van der Waals surface area contributed by atoms with Crippen molar-refractivity contribution >= 4 is 0 Å². The molecule has 4 rings (SSSR count). The third-order valence-electron chi connectivity index (χ3n) is 4.67. The first-order valence-electron chi connectivity index (χ1n) is 7.66. The summed E-state index contributed by atoms with van der Waals surface area (Å²) in [4.78, 5) is 6.83. The van der Waals surface area contributed by atoms with Gasteiger partial charge in [0, 0.05) is 43.9 Å². The van der Waals surface area contributed by atoms with Crippen molar-refractivity contribution in [1.82, 2.24) is 20.7 Å². The van der Waals surface area contributed by atoms with E-state index in [1.54, 1.807) is 6.20 Å². The summed E-state index contributed by atoms with van der Waals surface area (Å²) in [6.07, 6.45) is 4.64. The fraction of sp³-hybridized carbons (Fsp3) is 0.667. The molecule has 2 aliphatic heterocycles. The molecule has 0 radical (unpaired) electrons. The lowest BCUT2D eigenvalue weighted by atomic mass is 9.98. The molecule has 1 aromatic heterocycles. The van der Waals surface area contributed by atoms with Gasteiger partial charge in [-0.2, -0.15) is 0 Å². The van der Waals surface area contributed by atoms with Gasteiger partial charge in [0.2, 0.25) is 5.88 Å².